The van der Waals surface area contributed by atoms with Crippen LogP contribution in [0.25, 0.3) is 11.4 Å². The molecule has 3 aromatic carbocycles. The van der Waals surface area contributed by atoms with Crippen molar-refractivity contribution < 1.29 is 5.11 Å². The second-order valence-electron chi connectivity index (χ2n) is 5.96. The van der Waals surface area contributed by atoms with Crippen molar-refractivity contribution in [3.05, 3.63) is 90.5 Å². The highest BCUT2D eigenvalue weighted by atomic mass is 32.2. The molecule has 0 fully saturated rings. The van der Waals surface area contributed by atoms with Crippen molar-refractivity contribution in [3.63, 3.8) is 0 Å². The number of hydrogen-bond acceptors (Lipinski definition) is 6. The number of nitrogens with zero attached hydrogens (tertiary/aromatic N) is 4. The molecular formula is C21H16N5OS-. The average Bonchev–Trinajstić information content (AvgIpc) is 3.28. The first-order valence-corrected chi connectivity index (χ1v) is 9.54. The van der Waals surface area contributed by atoms with Crippen molar-refractivity contribution in [3.8, 4) is 11.4 Å². The number of benzene rings is 3. The zero-order valence-electron chi connectivity index (χ0n) is 14.8. The standard InChI is InChI=1S/C21H17N5OS/c27-21(22-17-11-7-10-16(14-17)20-23-25-26-24-20)19(15-8-3-1-4-9-15)28-18-12-5-2-6-13-18/h1-14,19H,(H,22,27)(H,23,24,25,26)/p-1/t19-/m1/s1. The third-order valence-corrected chi connectivity index (χ3v) is 5.27. The molecule has 0 spiro atoms. The van der Waals surface area contributed by atoms with E-state index < -0.39 is 5.25 Å². The summed E-state index contributed by atoms with van der Waals surface area (Å²) in [6.07, 6.45) is 0. The third kappa shape index (κ3) is 4.27. The van der Waals surface area contributed by atoms with E-state index in [1.807, 2.05) is 72.8 Å². The predicted octanol–water partition coefficient (Wildman–Crippen LogP) is 3.79. The van der Waals surface area contributed by atoms with Crippen LogP contribution >= 0.6 is 11.8 Å². The van der Waals surface area contributed by atoms with Gasteiger partial charge in [-0.3, -0.25) is 4.99 Å². The summed E-state index contributed by atoms with van der Waals surface area (Å²) in [5.74, 6) is 0.244. The molecule has 0 unspecified atom stereocenters. The van der Waals surface area contributed by atoms with Gasteiger partial charge in [-0.15, -0.1) is 22.0 Å². The van der Waals surface area contributed by atoms with Crippen LogP contribution in [-0.4, -0.2) is 26.5 Å². The molecule has 0 bridgehead atoms. The molecule has 0 saturated carbocycles. The Kier molecular flexibility index (Phi) is 5.44. The van der Waals surface area contributed by atoms with Gasteiger partial charge in [-0.05, 0) is 40.9 Å². The zero-order chi connectivity index (χ0) is 19.2. The van der Waals surface area contributed by atoms with E-state index in [2.05, 4.69) is 25.6 Å². The van der Waals surface area contributed by atoms with Crippen molar-refractivity contribution in [2.45, 2.75) is 10.1 Å². The van der Waals surface area contributed by atoms with Crippen LogP contribution in [0.15, 0.2) is 94.8 Å². The van der Waals surface area contributed by atoms with Crippen molar-refractivity contribution in [1.29, 1.82) is 0 Å². The highest BCUT2D eigenvalue weighted by Gasteiger charge is 2.14. The normalized spacial score (nSPS) is 12.6. The van der Waals surface area contributed by atoms with Gasteiger partial charge in [-0.25, -0.2) is 0 Å². The highest BCUT2D eigenvalue weighted by Crippen LogP contribution is 2.36. The van der Waals surface area contributed by atoms with Crippen LogP contribution in [0.1, 0.15) is 10.8 Å². The van der Waals surface area contributed by atoms with Gasteiger partial charge < -0.3 is 5.11 Å². The lowest BCUT2D eigenvalue weighted by Gasteiger charge is -2.23. The van der Waals surface area contributed by atoms with Crippen molar-refractivity contribution in [1.82, 2.24) is 20.6 Å². The molecule has 7 heteroatoms. The minimum atomic E-state index is -0.433. The molecule has 138 valence electrons. The fraction of sp³-hybridized carbons (Fsp3) is 0.0476. The molecule has 6 nitrogen and oxygen atoms in total. The zero-order valence-corrected chi connectivity index (χ0v) is 15.6. The molecule has 1 N–H and O–H groups in total. The van der Waals surface area contributed by atoms with Gasteiger partial charge >= 0.3 is 0 Å². The minimum Gasteiger partial charge on any atom is -0.861 e. The summed E-state index contributed by atoms with van der Waals surface area (Å²) in [6, 6.07) is 26.8. The number of aromatic amines is 1. The van der Waals surface area contributed by atoms with Crippen LogP contribution in [0.2, 0.25) is 0 Å². The number of aliphatic imine (C=N–C) groups is 1. The minimum absolute atomic E-state index is 0.217. The van der Waals surface area contributed by atoms with E-state index in [1.165, 1.54) is 11.8 Å². The fourth-order valence-electron chi connectivity index (χ4n) is 2.71. The Morgan fingerprint density at radius 3 is 2.39 bits per heavy atom. The van der Waals surface area contributed by atoms with E-state index >= 15 is 0 Å². The number of nitrogens with one attached hydrogen (secondary N) is 1. The summed E-state index contributed by atoms with van der Waals surface area (Å²) in [6.45, 7) is 0. The lowest BCUT2D eigenvalue weighted by atomic mass is 10.1. The van der Waals surface area contributed by atoms with Crippen molar-refractivity contribution >= 4 is 23.3 Å². The Labute approximate surface area is 166 Å². The van der Waals surface area contributed by atoms with Gasteiger partial charge in [0.15, 0.2) is 0 Å². The smallest absolute Gasteiger partial charge is 0.204 e. The van der Waals surface area contributed by atoms with Gasteiger partial charge in [0, 0.05) is 10.5 Å². The second kappa shape index (κ2) is 8.49. The molecule has 0 aliphatic rings. The lowest BCUT2D eigenvalue weighted by molar-refractivity contribution is -0.217. The number of H-pyrrole nitrogens is 1. The Bertz CT molecular complexity index is 1050. The van der Waals surface area contributed by atoms with Crippen LogP contribution in [0.5, 0.6) is 0 Å². The number of tetrazole rings is 1. The Morgan fingerprint density at radius 2 is 1.68 bits per heavy atom. The third-order valence-electron chi connectivity index (χ3n) is 4.01. The van der Waals surface area contributed by atoms with E-state index in [1.54, 1.807) is 12.1 Å². The summed E-state index contributed by atoms with van der Waals surface area (Å²) in [4.78, 5) is 5.37. The molecule has 28 heavy (non-hydrogen) atoms. The summed E-state index contributed by atoms with van der Waals surface area (Å²) in [5.41, 5.74) is 2.22. The number of thioether (sulfide) groups is 1. The Hall–Kier alpha value is -3.45. The first-order chi connectivity index (χ1) is 13.8. The average molecular weight is 386 g/mol. The molecule has 0 amide bonds. The highest BCUT2D eigenvalue weighted by molar-refractivity contribution is 8.00. The lowest BCUT2D eigenvalue weighted by Crippen LogP contribution is -2.24. The van der Waals surface area contributed by atoms with E-state index in [9.17, 15) is 5.11 Å². The van der Waals surface area contributed by atoms with Crippen LogP contribution in [0.4, 0.5) is 5.69 Å². The SMILES string of the molecule is [O-]C(=Nc1cccc(-c2nn[nH]n2)c1)[C@H](Sc1ccccc1)c1ccccc1. The Balaban J connectivity index is 1.67. The Morgan fingerprint density at radius 1 is 0.929 bits per heavy atom. The summed E-state index contributed by atoms with van der Waals surface area (Å²) >= 11 is 1.49. The number of rotatable bonds is 6. The maximum Gasteiger partial charge on any atom is 0.204 e. The molecule has 0 aliphatic heterocycles. The van der Waals surface area contributed by atoms with Crippen LogP contribution in [0.3, 0.4) is 0 Å². The molecule has 1 aromatic heterocycles. The second-order valence-corrected chi connectivity index (χ2v) is 7.14. The van der Waals surface area contributed by atoms with Crippen molar-refractivity contribution in [2.75, 3.05) is 0 Å². The van der Waals surface area contributed by atoms with Crippen LogP contribution in [-0.2, 0) is 0 Å². The van der Waals surface area contributed by atoms with Gasteiger partial charge in [0.1, 0.15) is 0 Å². The summed E-state index contributed by atoms with van der Waals surface area (Å²) in [7, 11) is 0. The fourth-order valence-corrected chi connectivity index (χ4v) is 3.74. The largest absolute Gasteiger partial charge is 0.861 e. The van der Waals surface area contributed by atoms with E-state index in [4.69, 9.17) is 0 Å². The molecule has 0 saturated heterocycles. The molecule has 0 aliphatic carbocycles. The van der Waals surface area contributed by atoms with Gasteiger partial charge in [-0.1, -0.05) is 60.7 Å². The van der Waals surface area contributed by atoms with Crippen LogP contribution < -0.4 is 5.11 Å². The summed E-state index contributed by atoms with van der Waals surface area (Å²) in [5, 5.41) is 26.6. The van der Waals surface area contributed by atoms with Gasteiger partial charge in [0.2, 0.25) is 5.82 Å². The quantitative estimate of drug-likeness (QED) is 0.309. The van der Waals surface area contributed by atoms with E-state index in [0.717, 1.165) is 16.0 Å². The molecular weight excluding hydrogens is 370 g/mol. The predicted molar refractivity (Wildman–Crippen MR) is 108 cm³/mol. The first-order valence-electron chi connectivity index (χ1n) is 8.66. The van der Waals surface area contributed by atoms with E-state index in [-0.39, 0.29) is 5.90 Å². The van der Waals surface area contributed by atoms with Gasteiger partial charge in [-0.2, -0.15) is 5.21 Å². The van der Waals surface area contributed by atoms with Gasteiger partial charge in [0.25, 0.3) is 0 Å². The molecule has 1 heterocycles. The maximum atomic E-state index is 13.1. The van der Waals surface area contributed by atoms with Crippen LogP contribution in [0, 0.1) is 0 Å². The van der Waals surface area contributed by atoms with Gasteiger partial charge in [0.05, 0.1) is 10.9 Å². The molecule has 4 aromatic rings. The molecule has 0 radical (unpaired) electrons. The van der Waals surface area contributed by atoms with E-state index in [0.29, 0.717) is 11.5 Å². The molecule has 4 rings (SSSR count). The maximum absolute atomic E-state index is 13.1. The number of hydrogen-bond donors (Lipinski definition) is 1. The first kappa shape index (κ1) is 17.9. The summed E-state index contributed by atoms with van der Waals surface area (Å²) < 4.78 is 0. The molecule has 1 atom stereocenters. The van der Waals surface area contributed by atoms with Crippen molar-refractivity contribution in [2.24, 2.45) is 4.99 Å². The number of aromatic nitrogens is 4. The topological polar surface area (TPSA) is 89.9 Å². The monoisotopic (exact) mass is 386 g/mol.